The molecule has 1 radical (unpaired) electrons. The van der Waals surface area contributed by atoms with Gasteiger partial charge >= 0.3 is 0 Å². The Balaban J connectivity index is 0.00000243. The number of nitrogens with zero attached hydrogens (tertiary/aromatic N) is 2. The second kappa shape index (κ2) is 8.54. The van der Waals surface area contributed by atoms with Gasteiger partial charge in [0.25, 0.3) is 0 Å². The van der Waals surface area contributed by atoms with Gasteiger partial charge in [-0.1, -0.05) is 45.0 Å². The van der Waals surface area contributed by atoms with Crippen molar-refractivity contribution in [2.45, 2.75) is 39.2 Å². The predicted molar refractivity (Wildman–Crippen MR) is 100 cm³/mol. The second-order valence-corrected chi connectivity index (χ2v) is 7.41. The number of hydrogen-bond donors (Lipinski definition) is 0. The molecule has 0 spiro atoms. The van der Waals surface area contributed by atoms with E-state index in [1.807, 2.05) is 29.3 Å². The normalized spacial score (nSPS) is 14.4. The van der Waals surface area contributed by atoms with Gasteiger partial charge in [-0.15, -0.1) is 0 Å². The molecule has 0 unspecified atom stereocenters. The fourth-order valence-electron chi connectivity index (χ4n) is 3.07. The first-order chi connectivity index (χ1) is 11.9. The van der Waals surface area contributed by atoms with E-state index in [1.54, 1.807) is 0 Å². The van der Waals surface area contributed by atoms with Crippen molar-refractivity contribution in [3.63, 3.8) is 0 Å². The summed E-state index contributed by atoms with van der Waals surface area (Å²) in [6, 6.07) is 16.2. The van der Waals surface area contributed by atoms with Crippen molar-refractivity contribution in [2.24, 2.45) is 0 Å². The van der Waals surface area contributed by atoms with Gasteiger partial charge in [-0.25, -0.2) is 5.01 Å². The molecule has 1 fully saturated rings. The third-order valence-electron chi connectivity index (χ3n) is 4.55. The summed E-state index contributed by atoms with van der Waals surface area (Å²) >= 11 is 0. The van der Waals surface area contributed by atoms with Crippen LogP contribution in [0.25, 0.3) is 0 Å². The smallest absolute Gasteiger partial charge is 0.243 e. The topological polar surface area (TPSA) is 32.8 Å². The first kappa shape index (κ1) is 20.9. The average Bonchev–Trinajstić information content (AvgIpc) is 2.95. The Kier molecular flexibility index (Phi) is 6.87. The number of carbonyl (C=O) groups excluding carboxylic acids is 1. The minimum atomic E-state index is 0. The Morgan fingerprint density at radius 2 is 1.81 bits per heavy atom. The van der Waals surface area contributed by atoms with Gasteiger partial charge in [0.2, 0.25) is 5.91 Å². The van der Waals surface area contributed by atoms with Crippen LogP contribution in [0, 0.1) is 7.11 Å². The van der Waals surface area contributed by atoms with Crippen molar-refractivity contribution < 1.29 is 42.2 Å². The van der Waals surface area contributed by atoms with Gasteiger partial charge in [0.15, 0.2) is 0 Å². The number of anilines is 1. The van der Waals surface area contributed by atoms with Crippen LogP contribution in [0.1, 0.15) is 38.3 Å². The molecule has 135 valence electrons. The zero-order valence-corrected chi connectivity index (χ0v) is 18.6. The maximum absolute atomic E-state index is 12.4. The summed E-state index contributed by atoms with van der Waals surface area (Å²) in [6.45, 7) is 7.83. The second-order valence-electron chi connectivity index (χ2n) is 7.41. The molecular formula is C21H25N2O2Y-. The van der Waals surface area contributed by atoms with Crippen molar-refractivity contribution in [1.82, 2.24) is 5.01 Å². The Bertz CT molecular complexity index is 753. The van der Waals surface area contributed by atoms with E-state index in [2.05, 4.69) is 57.2 Å². The van der Waals surface area contributed by atoms with E-state index in [0.717, 1.165) is 11.3 Å². The van der Waals surface area contributed by atoms with Crippen LogP contribution in [-0.2, 0) is 49.5 Å². The SMILES string of the molecule is [CH2-]Oc1cccc(CN2C(=O)CCN2c2ccc(C(C)(C)C)cc2)c1.[Y]. The summed E-state index contributed by atoms with van der Waals surface area (Å²) in [5.41, 5.74) is 3.47. The van der Waals surface area contributed by atoms with Gasteiger partial charge in [-0.2, -0.15) is 7.11 Å². The van der Waals surface area contributed by atoms with Crippen LogP contribution in [0.2, 0.25) is 0 Å². The standard InChI is InChI=1S/C21H25N2O2.Y/c1-21(2,3)17-8-10-18(11-9-17)22-13-12-20(24)23(22)15-16-6-5-7-19(14-16)25-4;/h5-11,14H,4,12-13,15H2,1-3H3;/q-1;. The monoisotopic (exact) mass is 426 g/mol. The number of ether oxygens (including phenoxy) is 1. The van der Waals surface area contributed by atoms with Crippen molar-refractivity contribution in [3.05, 3.63) is 66.8 Å². The van der Waals surface area contributed by atoms with Gasteiger partial charge < -0.3 is 4.74 Å². The van der Waals surface area contributed by atoms with Crippen LogP contribution < -0.4 is 9.75 Å². The van der Waals surface area contributed by atoms with E-state index in [1.165, 1.54) is 5.56 Å². The number of benzene rings is 2. The minimum absolute atomic E-state index is 0. The Hall–Kier alpha value is -1.39. The molecule has 1 heterocycles. The van der Waals surface area contributed by atoms with Gasteiger partial charge in [0.1, 0.15) is 0 Å². The quantitative estimate of drug-likeness (QED) is 0.684. The largest absolute Gasteiger partial charge is 0.665 e. The van der Waals surface area contributed by atoms with E-state index < -0.39 is 0 Å². The number of hydrogen-bond acceptors (Lipinski definition) is 3. The van der Waals surface area contributed by atoms with Crippen molar-refractivity contribution >= 4 is 11.6 Å². The van der Waals surface area contributed by atoms with E-state index in [0.29, 0.717) is 25.3 Å². The summed E-state index contributed by atoms with van der Waals surface area (Å²) in [7, 11) is 3.44. The van der Waals surface area contributed by atoms with Crippen LogP contribution >= 0.6 is 0 Å². The molecule has 0 N–H and O–H groups in total. The number of rotatable bonds is 4. The van der Waals surface area contributed by atoms with E-state index in [9.17, 15) is 4.79 Å². The minimum Gasteiger partial charge on any atom is -0.665 e. The van der Waals surface area contributed by atoms with Crippen LogP contribution in [0.4, 0.5) is 5.69 Å². The molecule has 2 aromatic rings. The molecule has 1 aliphatic heterocycles. The fraction of sp³-hybridized carbons (Fsp3) is 0.333. The Morgan fingerprint density at radius 1 is 1.12 bits per heavy atom. The number of carbonyl (C=O) groups is 1. The molecule has 0 aliphatic carbocycles. The molecule has 0 saturated carbocycles. The molecule has 1 aliphatic rings. The molecule has 0 aromatic heterocycles. The summed E-state index contributed by atoms with van der Waals surface area (Å²) in [5.74, 6) is 0.839. The summed E-state index contributed by atoms with van der Waals surface area (Å²) in [5, 5.41) is 3.88. The summed E-state index contributed by atoms with van der Waals surface area (Å²) < 4.78 is 5.04. The van der Waals surface area contributed by atoms with Gasteiger partial charge in [-0.3, -0.25) is 9.80 Å². The third kappa shape index (κ3) is 4.66. The number of hydrazine groups is 1. The van der Waals surface area contributed by atoms with Gasteiger partial charge in [0.05, 0.1) is 18.0 Å². The summed E-state index contributed by atoms with van der Waals surface area (Å²) in [6.07, 6.45) is 0.534. The molecule has 4 nitrogen and oxygen atoms in total. The number of amides is 1. The van der Waals surface area contributed by atoms with E-state index in [-0.39, 0.29) is 44.0 Å². The van der Waals surface area contributed by atoms with Crippen LogP contribution in [0.3, 0.4) is 0 Å². The first-order valence-corrected chi connectivity index (χ1v) is 8.58. The van der Waals surface area contributed by atoms with E-state index >= 15 is 0 Å². The molecule has 5 heteroatoms. The maximum Gasteiger partial charge on any atom is 0.243 e. The predicted octanol–water partition coefficient (Wildman–Crippen LogP) is 4.31. The third-order valence-corrected chi connectivity index (χ3v) is 4.55. The van der Waals surface area contributed by atoms with Crippen molar-refractivity contribution in [2.75, 3.05) is 11.6 Å². The Morgan fingerprint density at radius 3 is 2.42 bits per heavy atom. The van der Waals surface area contributed by atoms with Crippen molar-refractivity contribution in [3.8, 4) is 5.75 Å². The van der Waals surface area contributed by atoms with Crippen molar-refractivity contribution in [1.29, 1.82) is 0 Å². The molecule has 1 amide bonds. The maximum atomic E-state index is 12.4. The van der Waals surface area contributed by atoms with Crippen LogP contribution in [0.15, 0.2) is 48.5 Å². The van der Waals surface area contributed by atoms with E-state index in [4.69, 9.17) is 4.74 Å². The average molecular weight is 426 g/mol. The molecule has 0 bridgehead atoms. The summed E-state index contributed by atoms with van der Waals surface area (Å²) in [4.78, 5) is 12.4. The first-order valence-electron chi connectivity index (χ1n) is 8.58. The molecule has 26 heavy (non-hydrogen) atoms. The zero-order chi connectivity index (χ0) is 18.0. The molecule has 2 aromatic carbocycles. The molecule has 1 saturated heterocycles. The van der Waals surface area contributed by atoms with Crippen LogP contribution in [0.5, 0.6) is 5.75 Å². The van der Waals surface area contributed by atoms with Crippen LogP contribution in [-0.4, -0.2) is 17.5 Å². The molecule has 0 atom stereocenters. The van der Waals surface area contributed by atoms with Gasteiger partial charge in [0, 0.05) is 45.7 Å². The zero-order valence-electron chi connectivity index (χ0n) is 15.7. The fourth-order valence-corrected chi connectivity index (χ4v) is 3.07. The Labute approximate surface area is 181 Å². The van der Waals surface area contributed by atoms with Gasteiger partial charge in [-0.05, 0) is 40.8 Å². The molecular weight excluding hydrogens is 401 g/mol. The molecule has 3 rings (SSSR count).